The van der Waals surface area contributed by atoms with Gasteiger partial charge in [0.05, 0.1) is 0 Å². The SMILES string of the molecule is Cl.O=C(NCC1CCCN(CC2CCCNC2)C1)Nc1cccc(F)c1. The highest BCUT2D eigenvalue weighted by molar-refractivity contribution is 5.89. The second-order valence-corrected chi connectivity index (χ2v) is 7.33. The highest BCUT2D eigenvalue weighted by atomic mass is 35.5. The van der Waals surface area contributed by atoms with Crippen LogP contribution in [0.5, 0.6) is 0 Å². The maximum absolute atomic E-state index is 13.1. The van der Waals surface area contributed by atoms with E-state index in [2.05, 4.69) is 20.9 Å². The van der Waals surface area contributed by atoms with Gasteiger partial charge in [-0.3, -0.25) is 0 Å². The van der Waals surface area contributed by atoms with Gasteiger partial charge in [0.15, 0.2) is 0 Å². The Morgan fingerprint density at radius 2 is 2.12 bits per heavy atom. The Balaban J connectivity index is 0.00000243. The van der Waals surface area contributed by atoms with Crippen molar-refractivity contribution >= 4 is 24.1 Å². The van der Waals surface area contributed by atoms with E-state index in [0.717, 1.165) is 32.0 Å². The number of amides is 2. The largest absolute Gasteiger partial charge is 0.338 e. The molecule has 0 saturated carbocycles. The molecule has 2 aliphatic rings. The lowest BCUT2D eigenvalue weighted by Crippen LogP contribution is -2.45. The lowest BCUT2D eigenvalue weighted by molar-refractivity contribution is 0.141. The Morgan fingerprint density at radius 3 is 2.88 bits per heavy atom. The minimum absolute atomic E-state index is 0. The van der Waals surface area contributed by atoms with E-state index < -0.39 is 0 Å². The van der Waals surface area contributed by atoms with E-state index in [-0.39, 0.29) is 24.3 Å². The lowest BCUT2D eigenvalue weighted by Gasteiger charge is -2.36. The number of nitrogens with zero attached hydrogens (tertiary/aromatic N) is 1. The normalized spacial score (nSPS) is 23.7. The minimum atomic E-state index is -0.349. The molecule has 3 N–H and O–H groups in total. The molecule has 5 nitrogen and oxygen atoms in total. The summed E-state index contributed by atoms with van der Waals surface area (Å²) < 4.78 is 13.1. The fourth-order valence-electron chi connectivity index (χ4n) is 3.91. The Bertz CT molecular complexity index is 568. The predicted octanol–water partition coefficient (Wildman–Crippen LogP) is 3.08. The molecule has 2 saturated heterocycles. The van der Waals surface area contributed by atoms with Gasteiger partial charge >= 0.3 is 6.03 Å². The average Bonchev–Trinajstić information content (AvgIpc) is 2.61. The van der Waals surface area contributed by atoms with Crippen LogP contribution in [-0.2, 0) is 0 Å². The quantitative estimate of drug-likeness (QED) is 0.731. The molecule has 2 heterocycles. The second kappa shape index (κ2) is 10.7. The summed E-state index contributed by atoms with van der Waals surface area (Å²) in [5.74, 6) is 0.901. The zero-order valence-corrected chi connectivity index (χ0v) is 16.0. The highest BCUT2D eigenvalue weighted by Crippen LogP contribution is 2.19. The van der Waals surface area contributed by atoms with Crippen molar-refractivity contribution in [2.45, 2.75) is 25.7 Å². The molecule has 1 aromatic rings. The number of halogens is 2. The summed E-state index contributed by atoms with van der Waals surface area (Å²) in [4.78, 5) is 14.6. The maximum Gasteiger partial charge on any atom is 0.319 e. The molecule has 7 heteroatoms. The van der Waals surface area contributed by atoms with Crippen molar-refractivity contribution in [3.8, 4) is 0 Å². The van der Waals surface area contributed by atoms with Crippen molar-refractivity contribution in [3.63, 3.8) is 0 Å². The zero-order chi connectivity index (χ0) is 17.5. The minimum Gasteiger partial charge on any atom is -0.338 e. The smallest absolute Gasteiger partial charge is 0.319 e. The first-order valence-electron chi connectivity index (χ1n) is 9.42. The van der Waals surface area contributed by atoms with Crippen LogP contribution in [-0.4, -0.2) is 50.2 Å². The highest BCUT2D eigenvalue weighted by Gasteiger charge is 2.23. The Morgan fingerprint density at radius 1 is 1.27 bits per heavy atom. The number of carbonyl (C=O) groups is 1. The number of rotatable bonds is 5. The summed E-state index contributed by atoms with van der Waals surface area (Å²) in [6, 6.07) is 5.69. The van der Waals surface area contributed by atoms with Crippen LogP contribution in [0, 0.1) is 17.7 Å². The summed E-state index contributed by atoms with van der Waals surface area (Å²) in [6.07, 6.45) is 4.95. The monoisotopic (exact) mass is 384 g/mol. The van der Waals surface area contributed by atoms with Crippen LogP contribution in [0.3, 0.4) is 0 Å². The van der Waals surface area contributed by atoms with Gasteiger partial charge in [0.2, 0.25) is 0 Å². The Kier molecular flexibility index (Phi) is 8.62. The number of likely N-dealkylation sites (tertiary alicyclic amines) is 1. The second-order valence-electron chi connectivity index (χ2n) is 7.33. The van der Waals surface area contributed by atoms with E-state index in [4.69, 9.17) is 0 Å². The fraction of sp³-hybridized carbons (Fsp3) is 0.632. The molecular weight excluding hydrogens is 355 g/mol. The number of hydrogen-bond acceptors (Lipinski definition) is 3. The molecule has 2 aliphatic heterocycles. The van der Waals surface area contributed by atoms with Crippen LogP contribution < -0.4 is 16.0 Å². The third-order valence-corrected chi connectivity index (χ3v) is 5.15. The first-order valence-corrected chi connectivity index (χ1v) is 9.42. The summed E-state index contributed by atoms with van der Waals surface area (Å²) in [7, 11) is 0. The first kappa shape index (κ1) is 20.9. The van der Waals surface area contributed by atoms with E-state index >= 15 is 0 Å². The molecule has 2 atom stereocenters. The van der Waals surface area contributed by atoms with Gasteiger partial charge in [0.25, 0.3) is 0 Å². The summed E-state index contributed by atoms with van der Waals surface area (Å²) in [5.41, 5.74) is 0.479. The van der Waals surface area contributed by atoms with Gasteiger partial charge < -0.3 is 20.9 Å². The number of carbonyl (C=O) groups excluding carboxylic acids is 1. The molecule has 0 bridgehead atoms. The van der Waals surface area contributed by atoms with Crippen LogP contribution >= 0.6 is 12.4 Å². The molecule has 2 unspecified atom stereocenters. The third-order valence-electron chi connectivity index (χ3n) is 5.15. The molecular formula is C19H30ClFN4O. The molecule has 3 rings (SSSR count). The van der Waals surface area contributed by atoms with Gasteiger partial charge in [0, 0.05) is 25.3 Å². The van der Waals surface area contributed by atoms with Crippen molar-refractivity contribution in [1.29, 1.82) is 0 Å². The molecule has 0 aromatic heterocycles. The number of nitrogens with one attached hydrogen (secondary N) is 3. The van der Waals surface area contributed by atoms with Gasteiger partial charge in [-0.05, 0) is 75.4 Å². The summed E-state index contributed by atoms with van der Waals surface area (Å²) >= 11 is 0. The van der Waals surface area contributed by atoms with E-state index in [1.54, 1.807) is 12.1 Å². The number of piperidine rings is 2. The van der Waals surface area contributed by atoms with Crippen LogP contribution in [0.2, 0.25) is 0 Å². The summed E-state index contributed by atoms with van der Waals surface area (Å²) in [6.45, 7) is 6.34. The maximum atomic E-state index is 13.1. The molecule has 0 radical (unpaired) electrons. The Labute approximate surface area is 161 Å². The van der Waals surface area contributed by atoms with Crippen LogP contribution in [0.4, 0.5) is 14.9 Å². The van der Waals surface area contributed by atoms with Crippen molar-refractivity contribution in [2.24, 2.45) is 11.8 Å². The third kappa shape index (κ3) is 6.74. The van der Waals surface area contributed by atoms with Gasteiger partial charge in [-0.25, -0.2) is 9.18 Å². The molecule has 0 aliphatic carbocycles. The number of benzene rings is 1. The predicted molar refractivity (Wildman–Crippen MR) is 105 cm³/mol. The van der Waals surface area contributed by atoms with Gasteiger partial charge in [0.1, 0.15) is 5.82 Å². The molecule has 146 valence electrons. The van der Waals surface area contributed by atoms with Crippen molar-refractivity contribution in [2.75, 3.05) is 44.6 Å². The van der Waals surface area contributed by atoms with Crippen molar-refractivity contribution < 1.29 is 9.18 Å². The fourth-order valence-corrected chi connectivity index (χ4v) is 3.91. The van der Waals surface area contributed by atoms with Gasteiger partial charge in [-0.1, -0.05) is 6.07 Å². The van der Waals surface area contributed by atoms with Crippen molar-refractivity contribution in [1.82, 2.24) is 15.5 Å². The van der Waals surface area contributed by atoms with Crippen molar-refractivity contribution in [3.05, 3.63) is 30.1 Å². The molecule has 2 amide bonds. The van der Waals surface area contributed by atoms with E-state index in [1.807, 2.05) is 0 Å². The summed E-state index contributed by atoms with van der Waals surface area (Å²) in [5, 5.41) is 9.10. The molecule has 26 heavy (non-hydrogen) atoms. The first-order chi connectivity index (χ1) is 12.2. The topological polar surface area (TPSA) is 56.4 Å². The van der Waals surface area contributed by atoms with Gasteiger partial charge in [-0.15, -0.1) is 12.4 Å². The number of hydrogen-bond donors (Lipinski definition) is 3. The Hall–Kier alpha value is -1.37. The number of urea groups is 1. The van der Waals surface area contributed by atoms with E-state index in [1.165, 1.54) is 44.5 Å². The van der Waals surface area contributed by atoms with Crippen LogP contribution in [0.25, 0.3) is 0 Å². The van der Waals surface area contributed by atoms with Crippen LogP contribution in [0.1, 0.15) is 25.7 Å². The lowest BCUT2D eigenvalue weighted by atomic mass is 9.94. The molecule has 2 fully saturated rings. The number of anilines is 1. The standard InChI is InChI=1S/C19H29FN4O.ClH/c20-17-6-1-7-18(10-17)23-19(25)22-12-16-5-3-9-24(14-16)13-15-4-2-8-21-11-15;/h1,6-7,10,15-16,21H,2-5,8-9,11-14H2,(H2,22,23,25);1H. The molecule has 1 aromatic carbocycles. The van der Waals surface area contributed by atoms with Gasteiger partial charge in [-0.2, -0.15) is 0 Å². The molecule has 0 spiro atoms. The van der Waals surface area contributed by atoms with E-state index in [0.29, 0.717) is 18.2 Å². The van der Waals surface area contributed by atoms with E-state index in [9.17, 15) is 9.18 Å². The van der Waals surface area contributed by atoms with Crippen LogP contribution in [0.15, 0.2) is 24.3 Å². The average molecular weight is 385 g/mol. The zero-order valence-electron chi connectivity index (χ0n) is 15.2.